The monoisotopic (exact) mass is 420 g/mol. The van der Waals surface area contributed by atoms with Gasteiger partial charge >= 0.3 is 0 Å². The van der Waals surface area contributed by atoms with E-state index in [9.17, 15) is 0 Å². The second kappa shape index (κ2) is 7.92. The summed E-state index contributed by atoms with van der Waals surface area (Å²) < 4.78 is 13.6. The van der Waals surface area contributed by atoms with E-state index in [0.29, 0.717) is 19.2 Å². The number of benzene rings is 1. The highest BCUT2D eigenvalue weighted by molar-refractivity contribution is 9.11. The van der Waals surface area contributed by atoms with Crippen LogP contribution in [0.2, 0.25) is 0 Å². The number of hydrogen-bond acceptors (Lipinski definition) is 4. The van der Waals surface area contributed by atoms with Crippen molar-refractivity contribution in [3.05, 3.63) is 26.6 Å². The molecule has 2 rings (SSSR count). The molecule has 1 saturated heterocycles. The molecule has 2 N–H and O–H groups in total. The lowest BCUT2D eigenvalue weighted by Crippen LogP contribution is -2.47. The van der Waals surface area contributed by atoms with Gasteiger partial charge in [-0.05, 0) is 63.4 Å². The van der Waals surface area contributed by atoms with Crippen molar-refractivity contribution in [2.75, 3.05) is 26.3 Å². The third-order valence-electron chi connectivity index (χ3n) is 3.61. The fourth-order valence-electron chi connectivity index (χ4n) is 2.36. The molecule has 0 bridgehead atoms. The van der Waals surface area contributed by atoms with Gasteiger partial charge in [0.15, 0.2) is 0 Å². The lowest BCUT2D eigenvalue weighted by atomic mass is 10.2. The van der Waals surface area contributed by atoms with E-state index in [0.717, 1.165) is 40.0 Å². The summed E-state index contributed by atoms with van der Waals surface area (Å²) in [4.78, 5) is 2.42. The number of morpholine rings is 1. The van der Waals surface area contributed by atoms with Crippen LogP contribution in [-0.4, -0.2) is 43.3 Å². The minimum atomic E-state index is 0.106. The molecule has 1 atom stereocenters. The van der Waals surface area contributed by atoms with E-state index in [4.69, 9.17) is 15.2 Å². The van der Waals surface area contributed by atoms with Gasteiger partial charge < -0.3 is 15.2 Å². The molecule has 0 aromatic heterocycles. The maximum atomic E-state index is 5.95. The van der Waals surface area contributed by atoms with Crippen molar-refractivity contribution in [1.29, 1.82) is 0 Å². The zero-order chi connectivity index (χ0) is 15.4. The fourth-order valence-corrected chi connectivity index (χ4v) is 3.87. The second-order valence-electron chi connectivity index (χ2n) is 5.49. The third kappa shape index (κ3) is 4.66. The van der Waals surface area contributed by atoms with Gasteiger partial charge in [0.05, 0.1) is 15.6 Å². The third-order valence-corrected chi connectivity index (χ3v) is 4.79. The number of ether oxygens (including phenoxy) is 2. The van der Waals surface area contributed by atoms with Crippen LogP contribution in [0.3, 0.4) is 0 Å². The van der Waals surface area contributed by atoms with E-state index in [-0.39, 0.29) is 6.10 Å². The van der Waals surface area contributed by atoms with Crippen LogP contribution in [-0.2, 0) is 11.3 Å². The molecule has 0 saturated carbocycles. The van der Waals surface area contributed by atoms with E-state index in [1.54, 1.807) is 0 Å². The lowest BCUT2D eigenvalue weighted by Gasteiger charge is -2.35. The molecule has 4 nitrogen and oxygen atoms in total. The average molecular weight is 422 g/mol. The number of halogens is 2. The van der Waals surface area contributed by atoms with Gasteiger partial charge in [0.2, 0.25) is 0 Å². The zero-order valence-corrected chi connectivity index (χ0v) is 15.6. The molecule has 0 spiro atoms. The molecule has 1 fully saturated rings. The summed E-state index contributed by atoms with van der Waals surface area (Å²) in [6, 6.07) is 4.52. The predicted molar refractivity (Wildman–Crippen MR) is 91.7 cm³/mol. The quantitative estimate of drug-likeness (QED) is 0.793. The van der Waals surface area contributed by atoms with E-state index in [2.05, 4.69) is 50.6 Å². The topological polar surface area (TPSA) is 47.7 Å². The highest BCUT2D eigenvalue weighted by Gasteiger charge is 2.23. The van der Waals surface area contributed by atoms with Gasteiger partial charge in [-0.1, -0.05) is 0 Å². The molecule has 1 unspecified atom stereocenters. The van der Waals surface area contributed by atoms with Crippen molar-refractivity contribution in [3.63, 3.8) is 0 Å². The fraction of sp³-hybridized carbons (Fsp3) is 0.600. The van der Waals surface area contributed by atoms with Gasteiger partial charge in [-0.3, -0.25) is 4.90 Å². The van der Waals surface area contributed by atoms with E-state index < -0.39 is 0 Å². The first-order chi connectivity index (χ1) is 10.0. The van der Waals surface area contributed by atoms with Crippen LogP contribution in [0.4, 0.5) is 0 Å². The van der Waals surface area contributed by atoms with Crippen molar-refractivity contribution in [2.45, 2.75) is 32.5 Å². The van der Waals surface area contributed by atoms with Crippen LogP contribution in [0.15, 0.2) is 21.1 Å². The van der Waals surface area contributed by atoms with Crippen molar-refractivity contribution >= 4 is 31.9 Å². The Morgan fingerprint density at radius 1 is 1.38 bits per heavy atom. The smallest absolute Gasteiger partial charge is 0.147 e. The Balaban J connectivity index is 1.97. The molecule has 21 heavy (non-hydrogen) atoms. The highest BCUT2D eigenvalue weighted by atomic mass is 79.9. The van der Waals surface area contributed by atoms with Crippen LogP contribution in [0, 0.1) is 0 Å². The Hall–Kier alpha value is -0.140. The van der Waals surface area contributed by atoms with Crippen LogP contribution in [0.25, 0.3) is 0 Å². The Bertz CT molecular complexity index is 460. The molecular formula is C15H22Br2N2O2. The summed E-state index contributed by atoms with van der Waals surface area (Å²) in [6.07, 6.45) is 0.106. The summed E-state index contributed by atoms with van der Waals surface area (Å²) in [6.45, 7) is 8.14. The summed E-state index contributed by atoms with van der Waals surface area (Å²) in [5, 5.41) is 0. The SMILES string of the molecule is CC(C)N1CCOC(COc2c(Br)cc(CN)cc2Br)C1. The minimum Gasteiger partial charge on any atom is -0.488 e. The highest BCUT2D eigenvalue weighted by Crippen LogP contribution is 2.35. The first-order valence-electron chi connectivity index (χ1n) is 7.17. The average Bonchev–Trinajstić information content (AvgIpc) is 2.46. The number of nitrogens with zero attached hydrogens (tertiary/aromatic N) is 1. The van der Waals surface area contributed by atoms with E-state index in [1.807, 2.05) is 12.1 Å². The summed E-state index contributed by atoms with van der Waals surface area (Å²) in [7, 11) is 0. The van der Waals surface area contributed by atoms with Gasteiger partial charge in [0, 0.05) is 25.7 Å². The zero-order valence-electron chi connectivity index (χ0n) is 12.4. The maximum Gasteiger partial charge on any atom is 0.147 e. The first kappa shape index (κ1) is 17.2. The predicted octanol–water partition coefficient (Wildman–Crippen LogP) is 3.16. The number of hydrogen-bond donors (Lipinski definition) is 1. The van der Waals surface area contributed by atoms with Gasteiger partial charge in [-0.15, -0.1) is 0 Å². The van der Waals surface area contributed by atoms with E-state index >= 15 is 0 Å². The molecule has 1 aromatic rings. The number of rotatable bonds is 5. The second-order valence-corrected chi connectivity index (χ2v) is 7.19. The first-order valence-corrected chi connectivity index (χ1v) is 8.76. The lowest BCUT2D eigenvalue weighted by molar-refractivity contribution is -0.0566. The Kier molecular flexibility index (Phi) is 6.50. The van der Waals surface area contributed by atoms with Gasteiger partial charge in [0.1, 0.15) is 18.5 Å². The van der Waals surface area contributed by atoms with Gasteiger partial charge in [-0.25, -0.2) is 0 Å². The van der Waals surface area contributed by atoms with Crippen LogP contribution >= 0.6 is 31.9 Å². The molecule has 0 aliphatic carbocycles. The molecule has 1 aromatic carbocycles. The van der Waals surface area contributed by atoms with Gasteiger partial charge in [-0.2, -0.15) is 0 Å². The van der Waals surface area contributed by atoms with Crippen LogP contribution in [0.1, 0.15) is 19.4 Å². The standard InChI is InChI=1S/C15H22Br2N2O2/c1-10(2)19-3-4-20-12(8-19)9-21-15-13(16)5-11(7-18)6-14(15)17/h5-6,10,12H,3-4,7-9,18H2,1-2H3. The van der Waals surface area contributed by atoms with Crippen LogP contribution < -0.4 is 10.5 Å². The van der Waals surface area contributed by atoms with E-state index in [1.165, 1.54) is 0 Å². The largest absolute Gasteiger partial charge is 0.488 e. The molecule has 6 heteroatoms. The summed E-state index contributed by atoms with van der Waals surface area (Å²) in [5.74, 6) is 0.803. The molecular weight excluding hydrogens is 400 g/mol. The van der Waals surface area contributed by atoms with Crippen molar-refractivity contribution in [2.24, 2.45) is 5.73 Å². The van der Waals surface area contributed by atoms with Crippen molar-refractivity contribution < 1.29 is 9.47 Å². The van der Waals surface area contributed by atoms with Crippen LogP contribution in [0.5, 0.6) is 5.75 Å². The Morgan fingerprint density at radius 3 is 2.62 bits per heavy atom. The maximum absolute atomic E-state index is 5.95. The van der Waals surface area contributed by atoms with Gasteiger partial charge in [0.25, 0.3) is 0 Å². The molecule has 118 valence electrons. The van der Waals surface area contributed by atoms with Crippen molar-refractivity contribution in [3.8, 4) is 5.75 Å². The number of nitrogens with two attached hydrogens (primary N) is 1. The Morgan fingerprint density at radius 2 is 2.05 bits per heavy atom. The molecule has 1 aliphatic rings. The molecule has 1 aliphatic heterocycles. The van der Waals surface area contributed by atoms with Crippen molar-refractivity contribution in [1.82, 2.24) is 4.90 Å². The summed E-state index contributed by atoms with van der Waals surface area (Å²) >= 11 is 7.07. The molecule has 0 radical (unpaired) electrons. The Labute approximate surface area is 143 Å². The minimum absolute atomic E-state index is 0.106. The normalized spacial score (nSPS) is 20.0. The summed E-state index contributed by atoms with van der Waals surface area (Å²) in [5.41, 5.74) is 6.72. The molecule has 1 heterocycles. The molecule has 0 amide bonds.